The number of halogens is 1. The summed E-state index contributed by atoms with van der Waals surface area (Å²) in [6, 6.07) is 5.69. The molecule has 4 nitrogen and oxygen atoms in total. The summed E-state index contributed by atoms with van der Waals surface area (Å²) in [5.41, 5.74) is 0.592. The number of rotatable bonds is 4. The minimum atomic E-state index is -0.325. The van der Waals surface area contributed by atoms with Crippen molar-refractivity contribution in [3.05, 3.63) is 30.1 Å². The van der Waals surface area contributed by atoms with E-state index in [-0.39, 0.29) is 17.6 Å². The van der Waals surface area contributed by atoms with Crippen molar-refractivity contribution in [1.82, 2.24) is 4.90 Å². The van der Waals surface area contributed by atoms with E-state index in [0.29, 0.717) is 12.2 Å². The molecule has 0 atom stereocenters. The number of nitrogens with one attached hydrogen (secondary N) is 1. The van der Waals surface area contributed by atoms with Crippen LogP contribution in [0.3, 0.4) is 0 Å². The molecular weight excluding hydrogens is 247 g/mol. The highest BCUT2D eigenvalue weighted by molar-refractivity contribution is 5.92. The molecule has 1 aromatic carbocycles. The van der Waals surface area contributed by atoms with Gasteiger partial charge >= 0.3 is 0 Å². The lowest BCUT2D eigenvalue weighted by atomic mass is 9.99. The smallest absolute Gasteiger partial charge is 0.238 e. The fraction of sp³-hybridized carbons (Fsp3) is 0.429. The predicted octanol–water partition coefficient (Wildman–Crippen LogP) is 1.68. The first-order chi connectivity index (χ1) is 9.17. The van der Waals surface area contributed by atoms with Gasteiger partial charge in [-0.1, -0.05) is 0 Å². The van der Waals surface area contributed by atoms with Crippen molar-refractivity contribution in [3.8, 4) is 0 Å². The number of carbonyl (C=O) groups excluding carboxylic acids is 2. The molecule has 0 spiro atoms. The maximum Gasteiger partial charge on any atom is 0.238 e. The van der Waals surface area contributed by atoms with E-state index in [0.717, 1.165) is 32.2 Å². The van der Waals surface area contributed by atoms with E-state index in [2.05, 4.69) is 5.32 Å². The lowest BCUT2D eigenvalue weighted by molar-refractivity contribution is -0.117. The van der Waals surface area contributed by atoms with Gasteiger partial charge in [0.2, 0.25) is 5.91 Å². The van der Waals surface area contributed by atoms with Crippen LogP contribution >= 0.6 is 0 Å². The molecule has 19 heavy (non-hydrogen) atoms. The zero-order chi connectivity index (χ0) is 13.7. The molecule has 1 heterocycles. The Kier molecular flexibility index (Phi) is 4.63. The van der Waals surface area contributed by atoms with E-state index in [1.54, 1.807) is 0 Å². The van der Waals surface area contributed by atoms with Gasteiger partial charge in [0.05, 0.1) is 6.54 Å². The number of aldehydes is 1. The summed E-state index contributed by atoms with van der Waals surface area (Å²) < 4.78 is 12.7. The van der Waals surface area contributed by atoms with Crippen molar-refractivity contribution in [2.45, 2.75) is 12.8 Å². The molecule has 1 saturated heterocycles. The van der Waals surface area contributed by atoms with Crippen LogP contribution in [0, 0.1) is 11.7 Å². The van der Waals surface area contributed by atoms with Crippen molar-refractivity contribution >= 4 is 17.9 Å². The molecule has 0 radical (unpaired) electrons. The van der Waals surface area contributed by atoms with Crippen LogP contribution in [-0.2, 0) is 9.59 Å². The number of benzene rings is 1. The second kappa shape index (κ2) is 6.43. The van der Waals surface area contributed by atoms with Gasteiger partial charge in [0, 0.05) is 11.6 Å². The van der Waals surface area contributed by atoms with Crippen LogP contribution in [0.5, 0.6) is 0 Å². The molecule has 1 aromatic rings. The van der Waals surface area contributed by atoms with E-state index in [1.807, 2.05) is 4.90 Å². The summed E-state index contributed by atoms with van der Waals surface area (Å²) in [6.45, 7) is 1.84. The van der Waals surface area contributed by atoms with Crippen molar-refractivity contribution in [2.75, 3.05) is 25.0 Å². The second-order valence-corrected chi connectivity index (χ2v) is 4.80. The van der Waals surface area contributed by atoms with Gasteiger partial charge in [0.1, 0.15) is 12.1 Å². The zero-order valence-corrected chi connectivity index (χ0v) is 10.6. The number of nitrogens with zero attached hydrogens (tertiary/aromatic N) is 1. The van der Waals surface area contributed by atoms with Gasteiger partial charge in [-0.2, -0.15) is 0 Å². The molecule has 0 unspecified atom stereocenters. The molecule has 1 amide bonds. The summed E-state index contributed by atoms with van der Waals surface area (Å²) >= 11 is 0. The first-order valence-corrected chi connectivity index (χ1v) is 6.40. The average Bonchev–Trinajstić information content (AvgIpc) is 2.42. The molecule has 1 fully saturated rings. The molecule has 1 aliphatic heterocycles. The quantitative estimate of drug-likeness (QED) is 0.842. The Morgan fingerprint density at radius 2 is 1.95 bits per heavy atom. The van der Waals surface area contributed by atoms with E-state index >= 15 is 0 Å². The minimum Gasteiger partial charge on any atom is -0.325 e. The Labute approximate surface area is 111 Å². The Bertz CT molecular complexity index is 439. The van der Waals surface area contributed by atoms with Gasteiger partial charge in [-0.15, -0.1) is 0 Å². The van der Waals surface area contributed by atoms with Crippen molar-refractivity contribution in [3.63, 3.8) is 0 Å². The van der Waals surface area contributed by atoms with Crippen LogP contribution in [0.15, 0.2) is 24.3 Å². The molecule has 0 bridgehead atoms. The Hall–Kier alpha value is -1.75. The topological polar surface area (TPSA) is 49.4 Å². The van der Waals surface area contributed by atoms with Gasteiger partial charge in [0.25, 0.3) is 0 Å². The second-order valence-electron chi connectivity index (χ2n) is 4.80. The number of piperidine rings is 1. The molecule has 1 N–H and O–H groups in total. The third kappa shape index (κ3) is 4.13. The SMILES string of the molecule is O=CC1CCN(CC(=O)Nc2ccc(F)cc2)CC1. The van der Waals surface area contributed by atoms with Crippen LogP contribution in [-0.4, -0.2) is 36.7 Å². The molecule has 2 rings (SSSR count). The largest absolute Gasteiger partial charge is 0.325 e. The summed E-state index contributed by atoms with van der Waals surface area (Å²) in [5.74, 6) is -0.304. The Morgan fingerprint density at radius 1 is 1.32 bits per heavy atom. The van der Waals surface area contributed by atoms with Crippen molar-refractivity contribution in [1.29, 1.82) is 0 Å². The fourth-order valence-electron chi connectivity index (χ4n) is 2.18. The number of amides is 1. The van der Waals surface area contributed by atoms with Crippen molar-refractivity contribution < 1.29 is 14.0 Å². The van der Waals surface area contributed by atoms with Gasteiger partial charge in [-0.25, -0.2) is 4.39 Å². The van der Waals surface area contributed by atoms with Crippen LogP contribution < -0.4 is 5.32 Å². The van der Waals surface area contributed by atoms with Crippen molar-refractivity contribution in [2.24, 2.45) is 5.92 Å². The standard InChI is InChI=1S/C14H17FN2O2/c15-12-1-3-13(4-2-12)16-14(19)9-17-7-5-11(10-18)6-8-17/h1-4,10-11H,5-9H2,(H,16,19). The Morgan fingerprint density at radius 3 is 2.53 bits per heavy atom. The number of hydrogen-bond donors (Lipinski definition) is 1. The molecule has 0 aromatic heterocycles. The van der Waals surface area contributed by atoms with E-state index in [1.165, 1.54) is 24.3 Å². The summed E-state index contributed by atoms with van der Waals surface area (Å²) in [6.07, 6.45) is 2.62. The van der Waals surface area contributed by atoms with Crippen LogP contribution in [0.2, 0.25) is 0 Å². The van der Waals surface area contributed by atoms with Gasteiger partial charge < -0.3 is 10.1 Å². The van der Waals surface area contributed by atoms with Crippen LogP contribution in [0.4, 0.5) is 10.1 Å². The number of hydrogen-bond acceptors (Lipinski definition) is 3. The normalized spacial score (nSPS) is 17.1. The molecule has 0 aliphatic carbocycles. The maximum atomic E-state index is 12.7. The molecular formula is C14H17FN2O2. The lowest BCUT2D eigenvalue weighted by Gasteiger charge is -2.28. The molecule has 1 aliphatic rings. The van der Waals surface area contributed by atoms with E-state index in [4.69, 9.17) is 0 Å². The lowest BCUT2D eigenvalue weighted by Crippen LogP contribution is -2.39. The summed E-state index contributed by atoms with van der Waals surface area (Å²) in [4.78, 5) is 24.5. The molecule has 0 saturated carbocycles. The Balaban J connectivity index is 1.78. The van der Waals surface area contributed by atoms with Gasteiger partial charge in [-0.05, 0) is 50.2 Å². The highest BCUT2D eigenvalue weighted by atomic mass is 19.1. The van der Waals surface area contributed by atoms with E-state index in [9.17, 15) is 14.0 Å². The molecule has 102 valence electrons. The number of anilines is 1. The highest BCUT2D eigenvalue weighted by Crippen LogP contribution is 2.15. The van der Waals surface area contributed by atoms with Gasteiger partial charge in [-0.3, -0.25) is 9.69 Å². The minimum absolute atomic E-state index is 0.115. The third-order valence-electron chi connectivity index (χ3n) is 3.32. The van der Waals surface area contributed by atoms with E-state index < -0.39 is 0 Å². The molecule has 5 heteroatoms. The van der Waals surface area contributed by atoms with Crippen LogP contribution in [0.1, 0.15) is 12.8 Å². The summed E-state index contributed by atoms with van der Waals surface area (Å²) in [5, 5.41) is 2.72. The zero-order valence-electron chi connectivity index (χ0n) is 10.6. The first kappa shape index (κ1) is 13.7. The fourth-order valence-corrected chi connectivity index (χ4v) is 2.18. The first-order valence-electron chi connectivity index (χ1n) is 6.40. The summed E-state index contributed by atoms with van der Waals surface area (Å²) in [7, 11) is 0. The van der Waals surface area contributed by atoms with Crippen LogP contribution in [0.25, 0.3) is 0 Å². The predicted molar refractivity (Wildman–Crippen MR) is 70.3 cm³/mol. The highest BCUT2D eigenvalue weighted by Gasteiger charge is 2.20. The number of likely N-dealkylation sites (tertiary alicyclic amines) is 1. The van der Waals surface area contributed by atoms with Gasteiger partial charge in [0.15, 0.2) is 0 Å². The third-order valence-corrected chi connectivity index (χ3v) is 3.32. The maximum absolute atomic E-state index is 12.7. The number of carbonyl (C=O) groups is 2. The average molecular weight is 264 g/mol. The monoisotopic (exact) mass is 264 g/mol.